The Balaban J connectivity index is 2.24. The molecule has 0 aromatic carbocycles. The van der Waals surface area contributed by atoms with E-state index in [1.165, 1.54) is 4.90 Å². The first-order chi connectivity index (χ1) is 9.43. The van der Waals surface area contributed by atoms with Gasteiger partial charge in [0.15, 0.2) is 0 Å². The quantitative estimate of drug-likeness (QED) is 0.681. The highest BCUT2D eigenvalue weighted by molar-refractivity contribution is 5.83. The average molecular weight is 285 g/mol. The number of carboxylic acid groups (broad SMARTS) is 1. The van der Waals surface area contributed by atoms with Crippen molar-refractivity contribution in [2.24, 2.45) is 5.92 Å². The first-order valence-electron chi connectivity index (χ1n) is 6.95. The number of hydrogen-bond acceptors (Lipinski definition) is 3. The van der Waals surface area contributed by atoms with Crippen LogP contribution in [0.15, 0.2) is 0 Å². The lowest BCUT2D eigenvalue weighted by Crippen LogP contribution is -2.47. The number of carboxylic acids is 1. The number of nitrogens with zero attached hydrogens (tertiary/aromatic N) is 1. The van der Waals surface area contributed by atoms with E-state index in [0.717, 1.165) is 0 Å². The van der Waals surface area contributed by atoms with Gasteiger partial charge >= 0.3 is 12.0 Å². The molecule has 0 aliphatic heterocycles. The van der Waals surface area contributed by atoms with Gasteiger partial charge in [0.25, 0.3) is 0 Å². The molecule has 0 radical (unpaired) electrons. The van der Waals surface area contributed by atoms with Gasteiger partial charge in [0.05, 0.1) is 12.5 Å². The predicted molar refractivity (Wildman–Crippen MR) is 73.2 cm³/mol. The fourth-order valence-corrected chi connectivity index (χ4v) is 2.19. The molecule has 7 heteroatoms. The second-order valence-electron chi connectivity index (χ2n) is 5.12. The minimum absolute atomic E-state index is 0.00962. The number of urea groups is 1. The maximum absolute atomic E-state index is 11.6. The number of carbonyl (C=O) groups is 3. The molecular weight excluding hydrogens is 262 g/mol. The molecule has 0 bridgehead atoms. The van der Waals surface area contributed by atoms with Crippen LogP contribution >= 0.6 is 0 Å². The first kappa shape index (κ1) is 16.3. The number of carbonyl (C=O) groups excluding carboxylic acids is 2. The molecule has 3 amide bonds. The Hall–Kier alpha value is -1.79. The topological polar surface area (TPSA) is 98.7 Å². The smallest absolute Gasteiger partial charge is 0.315 e. The Morgan fingerprint density at radius 1 is 1.20 bits per heavy atom. The lowest BCUT2D eigenvalue weighted by Gasteiger charge is -2.26. The Morgan fingerprint density at radius 3 is 2.30 bits per heavy atom. The van der Waals surface area contributed by atoms with Gasteiger partial charge in [-0.1, -0.05) is 0 Å². The van der Waals surface area contributed by atoms with Crippen LogP contribution < -0.4 is 10.6 Å². The van der Waals surface area contributed by atoms with Gasteiger partial charge in [-0.05, 0) is 32.6 Å². The third kappa shape index (κ3) is 5.07. The Bertz CT molecular complexity index is 365. The normalized spacial score (nSPS) is 21.9. The molecule has 0 aromatic rings. The first-order valence-corrected chi connectivity index (χ1v) is 6.95. The van der Waals surface area contributed by atoms with Crippen molar-refractivity contribution >= 4 is 17.9 Å². The standard InChI is InChI=1S/C13H23N3O4/c1-3-16(2)11(17)8-14-13(20)15-10-6-4-9(5-7-10)12(18)19/h9-10H,3-8H2,1-2H3,(H,18,19)(H2,14,15,20). The maximum Gasteiger partial charge on any atom is 0.315 e. The molecule has 3 N–H and O–H groups in total. The van der Waals surface area contributed by atoms with E-state index >= 15 is 0 Å². The van der Waals surface area contributed by atoms with E-state index < -0.39 is 5.97 Å². The summed E-state index contributed by atoms with van der Waals surface area (Å²) in [7, 11) is 1.68. The molecule has 114 valence electrons. The van der Waals surface area contributed by atoms with Crippen molar-refractivity contribution in [1.29, 1.82) is 0 Å². The molecule has 0 spiro atoms. The highest BCUT2D eigenvalue weighted by Gasteiger charge is 2.26. The maximum atomic E-state index is 11.6. The second kappa shape index (κ2) is 7.72. The Kier molecular flexibility index (Phi) is 6.27. The van der Waals surface area contributed by atoms with Crippen LogP contribution in [0.1, 0.15) is 32.6 Å². The van der Waals surface area contributed by atoms with Crippen molar-refractivity contribution in [3.8, 4) is 0 Å². The third-order valence-corrected chi connectivity index (χ3v) is 3.71. The van der Waals surface area contributed by atoms with Crippen LogP contribution in [0, 0.1) is 5.92 Å². The summed E-state index contributed by atoms with van der Waals surface area (Å²) >= 11 is 0. The zero-order chi connectivity index (χ0) is 15.1. The van der Waals surface area contributed by atoms with Crippen LogP contribution in [-0.2, 0) is 9.59 Å². The summed E-state index contributed by atoms with van der Waals surface area (Å²) in [5.41, 5.74) is 0. The molecule has 1 fully saturated rings. The minimum atomic E-state index is -0.763. The molecular formula is C13H23N3O4. The summed E-state index contributed by atoms with van der Waals surface area (Å²) < 4.78 is 0. The van der Waals surface area contributed by atoms with Crippen LogP contribution in [0.25, 0.3) is 0 Å². The summed E-state index contributed by atoms with van der Waals surface area (Å²) in [5.74, 6) is -1.20. The predicted octanol–water partition coefficient (Wildman–Crippen LogP) is 0.407. The van der Waals surface area contributed by atoms with Crippen LogP contribution in [-0.4, -0.2) is 54.1 Å². The number of likely N-dealkylation sites (N-methyl/N-ethyl adjacent to an activating group) is 1. The number of rotatable bonds is 5. The van der Waals surface area contributed by atoms with E-state index in [-0.39, 0.29) is 30.4 Å². The highest BCUT2D eigenvalue weighted by atomic mass is 16.4. The molecule has 1 aliphatic carbocycles. The molecule has 0 aromatic heterocycles. The highest BCUT2D eigenvalue weighted by Crippen LogP contribution is 2.24. The molecule has 0 atom stereocenters. The van der Waals surface area contributed by atoms with E-state index in [0.29, 0.717) is 32.2 Å². The van der Waals surface area contributed by atoms with Gasteiger partial charge < -0.3 is 20.6 Å². The van der Waals surface area contributed by atoms with E-state index in [9.17, 15) is 14.4 Å². The number of hydrogen-bond donors (Lipinski definition) is 3. The van der Waals surface area contributed by atoms with Crippen molar-refractivity contribution in [3.05, 3.63) is 0 Å². The zero-order valence-electron chi connectivity index (χ0n) is 12.0. The third-order valence-electron chi connectivity index (χ3n) is 3.71. The van der Waals surface area contributed by atoms with Gasteiger partial charge in [-0.2, -0.15) is 0 Å². The molecule has 1 rings (SSSR count). The minimum Gasteiger partial charge on any atom is -0.481 e. The summed E-state index contributed by atoms with van der Waals surface area (Å²) in [4.78, 5) is 35.5. The monoisotopic (exact) mass is 285 g/mol. The summed E-state index contributed by atoms with van der Waals surface area (Å²) in [6, 6.07) is -0.383. The van der Waals surface area contributed by atoms with Crippen molar-refractivity contribution in [3.63, 3.8) is 0 Å². The molecule has 0 heterocycles. The van der Waals surface area contributed by atoms with Gasteiger partial charge in [-0.15, -0.1) is 0 Å². The fraction of sp³-hybridized carbons (Fsp3) is 0.769. The largest absolute Gasteiger partial charge is 0.481 e. The number of nitrogens with one attached hydrogen (secondary N) is 2. The van der Waals surface area contributed by atoms with Gasteiger partial charge in [0.2, 0.25) is 5.91 Å². The van der Waals surface area contributed by atoms with E-state index in [4.69, 9.17) is 5.11 Å². The van der Waals surface area contributed by atoms with Crippen LogP contribution in [0.2, 0.25) is 0 Å². The van der Waals surface area contributed by atoms with Crippen molar-refractivity contribution in [2.75, 3.05) is 20.1 Å². The van der Waals surface area contributed by atoms with Gasteiger partial charge in [0, 0.05) is 19.6 Å². The molecule has 1 aliphatic rings. The molecule has 0 saturated heterocycles. The SMILES string of the molecule is CCN(C)C(=O)CNC(=O)NC1CCC(C(=O)O)CC1. The van der Waals surface area contributed by atoms with Crippen molar-refractivity contribution in [1.82, 2.24) is 15.5 Å². The molecule has 7 nitrogen and oxygen atoms in total. The fourth-order valence-electron chi connectivity index (χ4n) is 2.19. The Labute approximate surface area is 118 Å². The molecule has 1 saturated carbocycles. The lowest BCUT2D eigenvalue weighted by molar-refractivity contribution is -0.142. The summed E-state index contributed by atoms with van der Waals surface area (Å²) in [6.45, 7) is 2.43. The zero-order valence-corrected chi connectivity index (χ0v) is 12.0. The lowest BCUT2D eigenvalue weighted by atomic mass is 9.86. The number of aliphatic carboxylic acids is 1. The van der Waals surface area contributed by atoms with Crippen molar-refractivity contribution in [2.45, 2.75) is 38.6 Å². The summed E-state index contributed by atoms with van der Waals surface area (Å²) in [6.07, 6.45) is 2.48. The number of amides is 3. The Morgan fingerprint density at radius 2 is 1.80 bits per heavy atom. The second-order valence-corrected chi connectivity index (χ2v) is 5.12. The van der Waals surface area contributed by atoms with E-state index in [1.54, 1.807) is 7.05 Å². The van der Waals surface area contributed by atoms with Crippen LogP contribution in [0.4, 0.5) is 4.79 Å². The summed E-state index contributed by atoms with van der Waals surface area (Å²) in [5, 5.41) is 14.2. The molecule has 0 unspecified atom stereocenters. The van der Waals surface area contributed by atoms with Crippen LogP contribution in [0.5, 0.6) is 0 Å². The average Bonchev–Trinajstić information content (AvgIpc) is 2.44. The van der Waals surface area contributed by atoms with Gasteiger partial charge in [0.1, 0.15) is 0 Å². The van der Waals surface area contributed by atoms with Crippen LogP contribution in [0.3, 0.4) is 0 Å². The van der Waals surface area contributed by atoms with E-state index in [1.807, 2.05) is 6.92 Å². The van der Waals surface area contributed by atoms with E-state index in [2.05, 4.69) is 10.6 Å². The van der Waals surface area contributed by atoms with Gasteiger partial charge in [-0.25, -0.2) is 4.79 Å². The van der Waals surface area contributed by atoms with Gasteiger partial charge in [-0.3, -0.25) is 9.59 Å². The molecule has 20 heavy (non-hydrogen) atoms. The van der Waals surface area contributed by atoms with Crippen molar-refractivity contribution < 1.29 is 19.5 Å².